The molecule has 30 heavy (non-hydrogen) atoms. The predicted octanol–water partition coefficient (Wildman–Crippen LogP) is 0.755. The van der Waals surface area contributed by atoms with Crippen LogP contribution in [-0.4, -0.2) is 55.8 Å². The summed E-state index contributed by atoms with van der Waals surface area (Å²) in [6.45, 7) is 2.94. The molecule has 1 aliphatic heterocycles. The fourth-order valence-electron chi connectivity index (χ4n) is 3.41. The molecule has 3 rings (SSSR count). The fraction of sp³-hybridized carbons (Fsp3) is 0.409. The molecule has 8 nitrogen and oxygen atoms in total. The van der Waals surface area contributed by atoms with Gasteiger partial charge in [0.05, 0.1) is 24.8 Å². The zero-order valence-electron chi connectivity index (χ0n) is 17.1. The van der Waals surface area contributed by atoms with Crippen molar-refractivity contribution in [1.29, 1.82) is 0 Å². The molecule has 1 saturated heterocycles. The fourth-order valence-corrected chi connectivity index (χ4v) is 3.41. The van der Waals surface area contributed by atoms with Crippen LogP contribution in [0.1, 0.15) is 39.1 Å². The molecule has 0 aliphatic carbocycles. The molecule has 2 heterocycles. The lowest BCUT2D eigenvalue weighted by molar-refractivity contribution is 0.0343. The second-order valence-corrected chi connectivity index (χ2v) is 7.22. The van der Waals surface area contributed by atoms with Crippen molar-refractivity contribution in [3.8, 4) is 0 Å². The van der Waals surface area contributed by atoms with Crippen molar-refractivity contribution in [2.24, 2.45) is 0 Å². The van der Waals surface area contributed by atoms with Crippen molar-refractivity contribution in [1.82, 2.24) is 20.5 Å². The van der Waals surface area contributed by atoms with Crippen molar-refractivity contribution >= 4 is 11.8 Å². The van der Waals surface area contributed by atoms with E-state index in [1.807, 2.05) is 30.3 Å². The van der Waals surface area contributed by atoms with Gasteiger partial charge in [-0.2, -0.15) is 0 Å². The summed E-state index contributed by atoms with van der Waals surface area (Å²) < 4.78 is 7.19. The second kappa shape index (κ2) is 10.7. The first kappa shape index (κ1) is 21.7. The Morgan fingerprint density at radius 2 is 1.90 bits per heavy atom. The topological polar surface area (TPSA) is 101 Å². The Kier molecular flexibility index (Phi) is 7.75. The number of nitrogens with one attached hydrogen (secondary N) is 3. The van der Waals surface area contributed by atoms with E-state index in [0.29, 0.717) is 13.2 Å². The molecular formula is C22H28N4O4. The molecule has 0 bridgehead atoms. The number of hydrogen-bond acceptors (Lipinski definition) is 5. The summed E-state index contributed by atoms with van der Waals surface area (Å²) in [6.07, 6.45) is 3.64. The number of ether oxygens (including phenoxy) is 1. The van der Waals surface area contributed by atoms with Crippen molar-refractivity contribution in [3.05, 3.63) is 69.6 Å². The van der Waals surface area contributed by atoms with Crippen LogP contribution in [0, 0.1) is 0 Å². The normalized spacial score (nSPS) is 14.3. The highest BCUT2D eigenvalue weighted by Crippen LogP contribution is 2.07. The molecule has 1 aromatic carbocycles. The Morgan fingerprint density at radius 3 is 2.60 bits per heavy atom. The van der Waals surface area contributed by atoms with Crippen LogP contribution in [0.2, 0.25) is 0 Å². The molecule has 0 unspecified atom stereocenters. The summed E-state index contributed by atoms with van der Waals surface area (Å²) in [5, 5.41) is 8.55. The third kappa shape index (κ3) is 5.77. The predicted molar refractivity (Wildman–Crippen MR) is 114 cm³/mol. The summed E-state index contributed by atoms with van der Waals surface area (Å²) in [5.74, 6) is -0.874. The summed E-state index contributed by atoms with van der Waals surface area (Å²) in [7, 11) is 1.45. The highest BCUT2D eigenvalue weighted by Gasteiger charge is 2.17. The summed E-state index contributed by atoms with van der Waals surface area (Å²) in [4.78, 5) is 37.5. The Bertz CT molecular complexity index is 920. The highest BCUT2D eigenvalue weighted by molar-refractivity contribution is 5.99. The molecule has 0 atom stereocenters. The number of aromatic nitrogens is 1. The minimum atomic E-state index is -0.522. The van der Waals surface area contributed by atoms with E-state index >= 15 is 0 Å². The third-order valence-corrected chi connectivity index (χ3v) is 5.04. The Morgan fingerprint density at radius 1 is 1.17 bits per heavy atom. The zero-order valence-corrected chi connectivity index (χ0v) is 17.1. The number of carbonyl (C=O) groups excluding carboxylic acids is 2. The van der Waals surface area contributed by atoms with Gasteiger partial charge in [0, 0.05) is 19.8 Å². The molecule has 0 spiro atoms. The largest absolute Gasteiger partial charge is 0.376 e. The number of benzene rings is 1. The number of amides is 2. The van der Waals surface area contributed by atoms with Crippen LogP contribution in [0.3, 0.4) is 0 Å². The van der Waals surface area contributed by atoms with Crippen LogP contribution in [0.15, 0.2) is 47.4 Å². The second-order valence-electron chi connectivity index (χ2n) is 7.22. The van der Waals surface area contributed by atoms with Gasteiger partial charge in [0.25, 0.3) is 17.4 Å². The molecule has 1 fully saturated rings. The lowest BCUT2D eigenvalue weighted by atomic mass is 10.1. The molecule has 0 saturated carbocycles. The molecule has 2 aromatic rings. The Hall–Kier alpha value is -2.97. The number of hydrogen-bond donors (Lipinski definition) is 3. The quantitative estimate of drug-likeness (QED) is 0.556. The third-order valence-electron chi connectivity index (χ3n) is 5.04. The van der Waals surface area contributed by atoms with Crippen LogP contribution in [0.25, 0.3) is 0 Å². The van der Waals surface area contributed by atoms with E-state index in [1.165, 1.54) is 23.9 Å². The zero-order chi connectivity index (χ0) is 21.3. The lowest BCUT2D eigenvalue weighted by Gasteiger charge is -2.23. The smallest absolute Gasteiger partial charge is 0.263 e. The van der Waals surface area contributed by atoms with E-state index < -0.39 is 11.5 Å². The van der Waals surface area contributed by atoms with Gasteiger partial charge in [-0.1, -0.05) is 30.3 Å². The maximum Gasteiger partial charge on any atom is 0.263 e. The molecule has 2 amide bonds. The van der Waals surface area contributed by atoms with Gasteiger partial charge in [0.2, 0.25) is 0 Å². The van der Waals surface area contributed by atoms with E-state index in [4.69, 9.17) is 4.74 Å². The van der Waals surface area contributed by atoms with Gasteiger partial charge in [-0.3, -0.25) is 14.4 Å². The number of carbonyl (C=O) groups is 2. The van der Waals surface area contributed by atoms with Crippen LogP contribution in [0.5, 0.6) is 0 Å². The van der Waals surface area contributed by atoms with Crippen molar-refractivity contribution in [3.63, 3.8) is 0 Å². The van der Waals surface area contributed by atoms with Crippen LogP contribution in [-0.2, 0) is 11.3 Å². The van der Waals surface area contributed by atoms with Crippen molar-refractivity contribution < 1.29 is 14.3 Å². The van der Waals surface area contributed by atoms with Crippen molar-refractivity contribution in [2.45, 2.75) is 25.5 Å². The lowest BCUT2D eigenvalue weighted by Crippen LogP contribution is -2.36. The Labute approximate surface area is 175 Å². The SMILES string of the molecule is CNC(=O)c1cc(C(=O)NCCOC2CCNCC2)cn(Cc2ccccc2)c1=O. The minimum absolute atomic E-state index is 0.0629. The van der Waals surface area contributed by atoms with E-state index in [-0.39, 0.29) is 29.7 Å². The van der Waals surface area contributed by atoms with Gasteiger partial charge in [0.1, 0.15) is 5.56 Å². The van der Waals surface area contributed by atoms with Gasteiger partial charge in [-0.05, 0) is 37.6 Å². The average molecular weight is 412 g/mol. The highest BCUT2D eigenvalue weighted by atomic mass is 16.5. The first-order valence-electron chi connectivity index (χ1n) is 10.2. The van der Waals surface area contributed by atoms with E-state index in [2.05, 4.69) is 16.0 Å². The van der Waals surface area contributed by atoms with Gasteiger partial charge in [0.15, 0.2) is 0 Å². The van der Waals surface area contributed by atoms with Gasteiger partial charge >= 0.3 is 0 Å². The van der Waals surface area contributed by atoms with Crippen molar-refractivity contribution in [2.75, 3.05) is 33.3 Å². The minimum Gasteiger partial charge on any atom is -0.376 e. The first-order chi connectivity index (χ1) is 14.6. The van der Waals surface area contributed by atoms with Gasteiger partial charge in [-0.15, -0.1) is 0 Å². The molecule has 0 radical (unpaired) electrons. The molecular weight excluding hydrogens is 384 g/mol. The van der Waals surface area contributed by atoms with E-state index in [9.17, 15) is 14.4 Å². The maximum atomic E-state index is 12.7. The summed E-state index contributed by atoms with van der Waals surface area (Å²) in [6, 6.07) is 10.7. The summed E-state index contributed by atoms with van der Waals surface area (Å²) >= 11 is 0. The Balaban J connectivity index is 1.70. The molecule has 160 valence electrons. The van der Waals surface area contributed by atoms with E-state index in [0.717, 1.165) is 31.5 Å². The molecule has 1 aromatic heterocycles. The summed E-state index contributed by atoms with van der Waals surface area (Å²) in [5.41, 5.74) is 0.650. The van der Waals surface area contributed by atoms with Gasteiger partial charge < -0.3 is 25.3 Å². The standard InChI is InChI=1S/C22H28N4O4/c1-23-21(28)19-13-17(15-26(22(19)29)14-16-5-3-2-4-6-16)20(27)25-11-12-30-18-7-9-24-10-8-18/h2-6,13,15,18,24H,7-12,14H2,1H3,(H,23,28)(H,25,27). The van der Waals surface area contributed by atoms with Crippen LogP contribution < -0.4 is 21.5 Å². The molecule has 1 aliphatic rings. The van der Waals surface area contributed by atoms with Crippen LogP contribution in [0.4, 0.5) is 0 Å². The number of pyridine rings is 1. The van der Waals surface area contributed by atoms with E-state index in [1.54, 1.807) is 0 Å². The maximum absolute atomic E-state index is 12.7. The number of rotatable bonds is 8. The number of piperidine rings is 1. The number of nitrogens with zero attached hydrogens (tertiary/aromatic N) is 1. The first-order valence-corrected chi connectivity index (χ1v) is 10.2. The average Bonchev–Trinajstić information content (AvgIpc) is 2.78. The van der Waals surface area contributed by atoms with Crippen LogP contribution >= 0.6 is 0 Å². The van der Waals surface area contributed by atoms with Gasteiger partial charge in [-0.25, -0.2) is 0 Å². The molecule has 3 N–H and O–H groups in total. The molecule has 8 heteroatoms. The monoisotopic (exact) mass is 412 g/mol.